The molecule has 2 saturated heterocycles. The van der Waals surface area contributed by atoms with Gasteiger partial charge in [-0.3, -0.25) is 0 Å². The third kappa shape index (κ3) is 13.7. The number of fused-ring (bicyclic) bond motifs is 4. The van der Waals surface area contributed by atoms with Gasteiger partial charge in [0.2, 0.25) is 0 Å². The number of benzene rings is 5. The first kappa shape index (κ1) is 49.6. The molecule has 0 saturated carbocycles. The molecular formula is C55H60BrN5O6S2. The summed E-state index contributed by atoms with van der Waals surface area (Å²) in [4.78, 5) is 39.3. The number of ether oxygens (including phenoxy) is 4. The van der Waals surface area contributed by atoms with Gasteiger partial charge in [0.25, 0.3) is 0 Å². The fraction of sp³-hybridized carbons (Fsp3) is 0.327. The number of carbonyl (C=O) groups is 2. The van der Waals surface area contributed by atoms with Crippen molar-refractivity contribution < 1.29 is 28.5 Å². The van der Waals surface area contributed by atoms with Crippen LogP contribution in [-0.4, -0.2) is 76.6 Å². The van der Waals surface area contributed by atoms with Crippen LogP contribution < -0.4 is 19.7 Å². The van der Waals surface area contributed by atoms with Gasteiger partial charge < -0.3 is 39.0 Å². The first-order valence-electron chi connectivity index (χ1n) is 23.4. The normalized spacial score (nSPS) is 15.5. The zero-order valence-corrected chi connectivity index (χ0v) is 43.2. The standard InChI is InChI=1S/C28H30N2O3S.C16H22BrNO3.C11H8N2S/c1-28(2,3)33-27(31)29-18-16-22(17-19-29)32-21-14-12-20(13-15-21)30-23-8-4-6-10-25(23)34-26-11-7-5-9-24(26)30;1-16(2,3)21-15(19)18-10-8-14(9-11-18)20-13-6-4-12(17)5-7-13;1-2-5-9-8(4-1)13-11-10(14-9)6-3-7-12-11/h4-15,22H,16-19H2,1-3H3;4-7,14H,8-11H2,1-3H3;1-7H,(H,12,13). The summed E-state index contributed by atoms with van der Waals surface area (Å²) in [6.45, 7) is 14.0. The van der Waals surface area contributed by atoms with Crippen LogP contribution in [0.2, 0.25) is 0 Å². The average Bonchev–Trinajstić information content (AvgIpc) is 3.33. The summed E-state index contributed by atoms with van der Waals surface area (Å²) < 4.78 is 24.1. The number of hydrogen-bond donors (Lipinski definition) is 1. The van der Waals surface area contributed by atoms with Gasteiger partial charge in [-0.2, -0.15) is 0 Å². The SMILES string of the molecule is CC(C)(C)OC(=O)N1CCC(Oc2ccc(Br)cc2)CC1.CC(C)(C)OC(=O)N1CCC(Oc2ccc(N3c4ccccc4Sc4ccccc43)cc2)CC1.c1ccc2c(c1)Nc1ncccc1S2. The highest BCUT2D eigenvalue weighted by Gasteiger charge is 2.30. The van der Waals surface area contributed by atoms with E-state index in [-0.39, 0.29) is 24.4 Å². The van der Waals surface area contributed by atoms with E-state index in [1.807, 2.05) is 102 Å². The summed E-state index contributed by atoms with van der Waals surface area (Å²) in [6.07, 6.45) is 4.84. The second kappa shape index (κ2) is 22.3. The van der Waals surface area contributed by atoms with Gasteiger partial charge in [0.05, 0.1) is 22.0 Å². The zero-order chi connectivity index (χ0) is 48.5. The number of aromatic nitrogens is 1. The van der Waals surface area contributed by atoms with Crippen molar-refractivity contribution in [3.8, 4) is 11.5 Å². The van der Waals surface area contributed by atoms with Gasteiger partial charge in [-0.1, -0.05) is 75.9 Å². The van der Waals surface area contributed by atoms with Crippen LogP contribution >= 0.6 is 39.5 Å². The number of halogens is 1. The lowest BCUT2D eigenvalue weighted by Crippen LogP contribution is -2.44. The van der Waals surface area contributed by atoms with E-state index in [1.54, 1.807) is 27.8 Å². The van der Waals surface area contributed by atoms with E-state index < -0.39 is 11.2 Å². The lowest BCUT2D eigenvalue weighted by atomic mass is 10.1. The van der Waals surface area contributed by atoms with E-state index in [1.165, 1.54) is 31.0 Å². The van der Waals surface area contributed by atoms with Crippen LogP contribution in [-0.2, 0) is 9.47 Å². The van der Waals surface area contributed by atoms with E-state index in [4.69, 9.17) is 18.9 Å². The molecule has 4 aliphatic rings. The van der Waals surface area contributed by atoms with E-state index in [0.29, 0.717) is 26.2 Å². The Morgan fingerprint density at radius 2 is 1.00 bits per heavy atom. The first-order chi connectivity index (χ1) is 33.1. The number of anilines is 5. The molecule has 1 aromatic heterocycles. The lowest BCUT2D eigenvalue weighted by Gasteiger charge is -2.34. The molecule has 360 valence electrons. The molecule has 0 radical (unpaired) electrons. The summed E-state index contributed by atoms with van der Waals surface area (Å²) in [7, 11) is 0. The van der Waals surface area contributed by atoms with Crippen LogP contribution in [0.15, 0.2) is 164 Å². The summed E-state index contributed by atoms with van der Waals surface area (Å²) in [5.74, 6) is 2.68. The zero-order valence-electron chi connectivity index (χ0n) is 40.0. The predicted molar refractivity (Wildman–Crippen MR) is 280 cm³/mol. The second-order valence-corrected chi connectivity index (χ2v) is 22.0. The molecule has 69 heavy (non-hydrogen) atoms. The molecule has 10 rings (SSSR count). The number of nitrogens with zero attached hydrogens (tertiary/aromatic N) is 4. The minimum atomic E-state index is -0.472. The number of rotatable bonds is 5. The molecular weight excluding hydrogens is 971 g/mol. The maximum atomic E-state index is 12.3. The molecule has 5 heterocycles. The van der Waals surface area contributed by atoms with Crippen LogP contribution in [0.1, 0.15) is 67.2 Å². The van der Waals surface area contributed by atoms with Gasteiger partial charge in [-0.25, -0.2) is 14.6 Å². The number of likely N-dealkylation sites (tertiary alicyclic amines) is 2. The number of carbonyl (C=O) groups excluding carboxylic acids is 2. The molecule has 0 bridgehead atoms. The minimum absolute atomic E-state index is 0.0948. The predicted octanol–water partition coefficient (Wildman–Crippen LogP) is 14.9. The highest BCUT2D eigenvalue weighted by molar-refractivity contribution is 9.10. The Balaban J connectivity index is 0.000000155. The number of nitrogens with one attached hydrogen (secondary N) is 1. The van der Waals surface area contributed by atoms with Crippen molar-refractivity contribution >= 4 is 80.2 Å². The lowest BCUT2D eigenvalue weighted by molar-refractivity contribution is 0.0115. The van der Waals surface area contributed by atoms with Crippen LogP contribution in [0.4, 0.5) is 38.2 Å². The fourth-order valence-electron chi connectivity index (χ4n) is 7.99. The molecule has 0 aliphatic carbocycles. The molecule has 2 fully saturated rings. The van der Waals surface area contributed by atoms with Gasteiger partial charge in [-0.05, 0) is 139 Å². The van der Waals surface area contributed by atoms with E-state index >= 15 is 0 Å². The molecule has 0 unspecified atom stereocenters. The molecule has 4 aliphatic heterocycles. The smallest absolute Gasteiger partial charge is 0.410 e. The number of pyridine rings is 1. The Morgan fingerprint density at radius 1 is 0.565 bits per heavy atom. The summed E-state index contributed by atoms with van der Waals surface area (Å²) in [5.41, 5.74) is 3.71. The summed E-state index contributed by atoms with van der Waals surface area (Å²) in [6, 6.07) is 45.5. The van der Waals surface area contributed by atoms with Gasteiger partial charge in [-0.15, -0.1) is 0 Å². The Hall–Kier alpha value is -5.83. The van der Waals surface area contributed by atoms with Crippen LogP contribution in [0.5, 0.6) is 11.5 Å². The maximum absolute atomic E-state index is 12.3. The molecule has 6 aromatic rings. The Labute approximate surface area is 423 Å². The minimum Gasteiger partial charge on any atom is -0.490 e. The Bertz CT molecular complexity index is 2540. The van der Waals surface area contributed by atoms with E-state index in [0.717, 1.165) is 58.8 Å². The van der Waals surface area contributed by atoms with Gasteiger partial charge in [0, 0.05) is 82.9 Å². The van der Waals surface area contributed by atoms with E-state index in [9.17, 15) is 9.59 Å². The topological polar surface area (TPSA) is 106 Å². The van der Waals surface area contributed by atoms with Crippen molar-refractivity contribution in [1.29, 1.82) is 0 Å². The van der Waals surface area contributed by atoms with Crippen LogP contribution in [0.3, 0.4) is 0 Å². The first-order valence-corrected chi connectivity index (χ1v) is 25.9. The van der Waals surface area contributed by atoms with Crippen molar-refractivity contribution in [3.05, 3.63) is 144 Å². The average molecular weight is 1030 g/mol. The van der Waals surface area contributed by atoms with Crippen LogP contribution in [0.25, 0.3) is 0 Å². The van der Waals surface area contributed by atoms with Gasteiger partial charge >= 0.3 is 12.2 Å². The number of para-hydroxylation sites is 3. The number of piperidine rings is 2. The second-order valence-electron chi connectivity index (χ2n) is 19.0. The molecule has 0 spiro atoms. The monoisotopic (exact) mass is 1030 g/mol. The van der Waals surface area contributed by atoms with E-state index in [2.05, 4.69) is 116 Å². The van der Waals surface area contributed by atoms with Gasteiger partial charge in [0.15, 0.2) is 0 Å². The van der Waals surface area contributed by atoms with Crippen molar-refractivity contribution in [1.82, 2.24) is 14.8 Å². The van der Waals surface area contributed by atoms with Crippen molar-refractivity contribution in [2.24, 2.45) is 0 Å². The largest absolute Gasteiger partial charge is 0.490 e. The highest BCUT2D eigenvalue weighted by atomic mass is 79.9. The van der Waals surface area contributed by atoms with Crippen LogP contribution in [0, 0.1) is 0 Å². The molecule has 11 nitrogen and oxygen atoms in total. The number of hydrogen-bond acceptors (Lipinski definition) is 11. The summed E-state index contributed by atoms with van der Waals surface area (Å²) in [5, 5.41) is 3.31. The molecule has 0 atom stereocenters. The Kier molecular flexibility index (Phi) is 16.0. The third-order valence-electron chi connectivity index (χ3n) is 11.3. The fourth-order valence-corrected chi connectivity index (χ4v) is 10.3. The summed E-state index contributed by atoms with van der Waals surface area (Å²) >= 11 is 6.97. The quantitative estimate of drug-likeness (QED) is 0.178. The van der Waals surface area contributed by atoms with Crippen molar-refractivity contribution in [2.45, 2.75) is 110 Å². The van der Waals surface area contributed by atoms with Gasteiger partial charge in [0.1, 0.15) is 40.7 Å². The molecule has 14 heteroatoms. The van der Waals surface area contributed by atoms with Crippen molar-refractivity contribution in [2.75, 3.05) is 36.4 Å². The third-order valence-corrected chi connectivity index (χ3v) is 14.0. The Morgan fingerprint density at radius 3 is 1.51 bits per heavy atom. The highest BCUT2D eigenvalue weighted by Crippen LogP contribution is 2.51. The van der Waals surface area contributed by atoms with Crippen molar-refractivity contribution in [3.63, 3.8) is 0 Å². The number of amides is 2. The molecule has 1 N–H and O–H groups in total. The maximum Gasteiger partial charge on any atom is 0.410 e. The molecule has 2 amide bonds. The molecule has 5 aromatic carbocycles.